The molecule has 0 aliphatic carbocycles. The Balaban J connectivity index is 2.85. The lowest BCUT2D eigenvalue weighted by Crippen LogP contribution is -2.06. The fraction of sp³-hybridized carbons (Fsp3) is 0.400. The van der Waals surface area contributed by atoms with Crippen LogP contribution in [0.2, 0.25) is 0 Å². The maximum Gasteiger partial charge on any atom is 0.168 e. The normalized spacial score (nSPS) is 10.2. The Morgan fingerprint density at radius 2 is 2.00 bits per heavy atom. The Morgan fingerprint density at radius 1 is 1.31 bits per heavy atom. The zero-order valence-electron chi connectivity index (χ0n) is 8.00. The first kappa shape index (κ1) is 9.84. The van der Waals surface area contributed by atoms with Crippen LogP contribution in [-0.2, 0) is 0 Å². The summed E-state index contributed by atoms with van der Waals surface area (Å²) in [5, 5.41) is 0. The van der Waals surface area contributed by atoms with E-state index in [1.807, 2.05) is 13.8 Å². The van der Waals surface area contributed by atoms with Crippen molar-refractivity contribution in [3.63, 3.8) is 0 Å². The molecule has 0 heterocycles. The zero-order chi connectivity index (χ0) is 9.84. The van der Waals surface area contributed by atoms with Gasteiger partial charge in [-0.2, -0.15) is 0 Å². The van der Waals surface area contributed by atoms with Crippen molar-refractivity contribution in [2.45, 2.75) is 20.0 Å². The highest BCUT2D eigenvalue weighted by Crippen LogP contribution is 2.22. The number of benzene rings is 1. The third kappa shape index (κ3) is 2.61. The molecule has 0 atom stereocenters. The molecular weight excluding hydrogens is 171 g/mol. The van der Waals surface area contributed by atoms with Crippen molar-refractivity contribution in [1.82, 2.24) is 0 Å². The van der Waals surface area contributed by atoms with Gasteiger partial charge >= 0.3 is 0 Å². The van der Waals surface area contributed by atoms with Crippen LogP contribution in [0.1, 0.15) is 13.8 Å². The van der Waals surface area contributed by atoms with Crippen LogP contribution in [0.5, 0.6) is 11.5 Å². The van der Waals surface area contributed by atoms with Gasteiger partial charge in [-0.05, 0) is 26.0 Å². The first-order chi connectivity index (χ1) is 6.13. The number of hydrogen-bond acceptors (Lipinski definition) is 2. The second-order valence-electron chi connectivity index (χ2n) is 2.96. The van der Waals surface area contributed by atoms with Crippen LogP contribution in [0.15, 0.2) is 18.2 Å². The minimum absolute atomic E-state index is 0.0251. The Kier molecular flexibility index (Phi) is 3.12. The van der Waals surface area contributed by atoms with Crippen LogP contribution >= 0.6 is 0 Å². The molecule has 0 spiro atoms. The first-order valence-corrected chi connectivity index (χ1v) is 4.13. The highest BCUT2D eigenvalue weighted by Gasteiger charge is 2.05. The Labute approximate surface area is 77.3 Å². The molecule has 0 radical (unpaired) electrons. The number of ether oxygens (including phenoxy) is 2. The van der Waals surface area contributed by atoms with Gasteiger partial charge in [-0.3, -0.25) is 0 Å². The maximum atomic E-state index is 13.2. The third-order valence-corrected chi connectivity index (χ3v) is 1.50. The van der Waals surface area contributed by atoms with Gasteiger partial charge < -0.3 is 9.47 Å². The molecule has 0 N–H and O–H groups in total. The molecular formula is C10H13FO2. The minimum Gasteiger partial charge on any atom is -0.497 e. The van der Waals surface area contributed by atoms with Gasteiger partial charge in [-0.25, -0.2) is 4.39 Å². The molecule has 1 aromatic carbocycles. The molecule has 0 bridgehead atoms. The van der Waals surface area contributed by atoms with Gasteiger partial charge in [-0.15, -0.1) is 0 Å². The summed E-state index contributed by atoms with van der Waals surface area (Å²) in [6.07, 6.45) is -0.0251. The molecule has 0 unspecified atom stereocenters. The number of halogens is 1. The van der Waals surface area contributed by atoms with Crippen molar-refractivity contribution in [1.29, 1.82) is 0 Å². The quantitative estimate of drug-likeness (QED) is 0.718. The van der Waals surface area contributed by atoms with Gasteiger partial charge in [0.25, 0.3) is 0 Å². The lowest BCUT2D eigenvalue weighted by Gasteiger charge is -2.10. The highest BCUT2D eigenvalue weighted by atomic mass is 19.1. The largest absolute Gasteiger partial charge is 0.497 e. The van der Waals surface area contributed by atoms with Gasteiger partial charge in [-0.1, -0.05) is 0 Å². The average molecular weight is 184 g/mol. The van der Waals surface area contributed by atoms with E-state index in [0.717, 1.165) is 0 Å². The first-order valence-electron chi connectivity index (χ1n) is 4.13. The van der Waals surface area contributed by atoms with E-state index in [1.165, 1.54) is 13.2 Å². The number of methoxy groups -OCH3 is 1. The zero-order valence-corrected chi connectivity index (χ0v) is 8.00. The van der Waals surface area contributed by atoms with Crippen molar-refractivity contribution in [3.8, 4) is 11.5 Å². The second kappa shape index (κ2) is 4.12. The molecule has 3 heteroatoms. The molecule has 72 valence electrons. The van der Waals surface area contributed by atoms with Gasteiger partial charge in [0.05, 0.1) is 13.2 Å². The van der Waals surface area contributed by atoms with Crippen LogP contribution in [0.4, 0.5) is 4.39 Å². The molecule has 0 saturated heterocycles. The van der Waals surface area contributed by atoms with E-state index < -0.39 is 5.82 Å². The Morgan fingerprint density at radius 3 is 2.46 bits per heavy atom. The van der Waals surface area contributed by atoms with E-state index in [2.05, 4.69) is 0 Å². The predicted molar refractivity (Wildman–Crippen MR) is 48.7 cm³/mol. The summed E-state index contributed by atoms with van der Waals surface area (Å²) < 4.78 is 23.3. The van der Waals surface area contributed by atoms with E-state index in [4.69, 9.17) is 9.47 Å². The van der Waals surface area contributed by atoms with E-state index in [1.54, 1.807) is 12.1 Å². The minimum atomic E-state index is -0.395. The van der Waals surface area contributed by atoms with E-state index in [-0.39, 0.29) is 11.9 Å². The van der Waals surface area contributed by atoms with E-state index in [9.17, 15) is 4.39 Å². The second-order valence-corrected chi connectivity index (χ2v) is 2.96. The van der Waals surface area contributed by atoms with Crippen molar-refractivity contribution in [2.75, 3.05) is 7.11 Å². The maximum absolute atomic E-state index is 13.2. The highest BCUT2D eigenvalue weighted by molar-refractivity contribution is 5.33. The topological polar surface area (TPSA) is 18.5 Å². The monoisotopic (exact) mass is 184 g/mol. The summed E-state index contributed by atoms with van der Waals surface area (Å²) in [7, 11) is 1.50. The van der Waals surface area contributed by atoms with Crippen LogP contribution < -0.4 is 9.47 Å². The fourth-order valence-electron chi connectivity index (χ4n) is 0.958. The molecule has 0 aliphatic heterocycles. The summed E-state index contributed by atoms with van der Waals surface area (Å²) in [6.45, 7) is 3.70. The van der Waals surface area contributed by atoms with Crippen molar-refractivity contribution >= 4 is 0 Å². The van der Waals surface area contributed by atoms with Crippen LogP contribution in [0.3, 0.4) is 0 Å². The Hall–Kier alpha value is -1.25. The Bertz CT molecular complexity index is 284. The summed E-state index contributed by atoms with van der Waals surface area (Å²) in [5.74, 6) is 0.359. The van der Waals surface area contributed by atoms with Gasteiger partial charge in [0, 0.05) is 6.07 Å². The lowest BCUT2D eigenvalue weighted by atomic mass is 10.3. The van der Waals surface area contributed by atoms with Crippen LogP contribution in [-0.4, -0.2) is 13.2 Å². The molecule has 2 nitrogen and oxygen atoms in total. The van der Waals surface area contributed by atoms with Crippen molar-refractivity contribution in [3.05, 3.63) is 24.0 Å². The van der Waals surface area contributed by atoms with Crippen molar-refractivity contribution < 1.29 is 13.9 Å². The van der Waals surface area contributed by atoms with E-state index in [0.29, 0.717) is 5.75 Å². The molecule has 13 heavy (non-hydrogen) atoms. The summed E-state index contributed by atoms with van der Waals surface area (Å²) in [4.78, 5) is 0. The smallest absolute Gasteiger partial charge is 0.168 e. The van der Waals surface area contributed by atoms with Crippen LogP contribution in [0, 0.1) is 5.82 Å². The average Bonchev–Trinajstić information content (AvgIpc) is 2.08. The standard InChI is InChI=1S/C10H13FO2/c1-7(2)13-10-5-4-8(12-3)6-9(10)11/h4-7H,1-3H3. The number of rotatable bonds is 3. The van der Waals surface area contributed by atoms with Crippen molar-refractivity contribution in [2.24, 2.45) is 0 Å². The summed E-state index contributed by atoms with van der Waals surface area (Å²) >= 11 is 0. The molecule has 1 aromatic rings. The molecule has 0 amide bonds. The SMILES string of the molecule is COc1ccc(OC(C)C)c(F)c1. The predicted octanol–water partition coefficient (Wildman–Crippen LogP) is 2.62. The molecule has 1 rings (SSSR count). The van der Waals surface area contributed by atoms with Gasteiger partial charge in [0.1, 0.15) is 5.75 Å². The van der Waals surface area contributed by atoms with Crippen LogP contribution in [0.25, 0.3) is 0 Å². The van der Waals surface area contributed by atoms with Gasteiger partial charge in [0.2, 0.25) is 0 Å². The third-order valence-electron chi connectivity index (χ3n) is 1.50. The molecule has 0 aromatic heterocycles. The van der Waals surface area contributed by atoms with E-state index >= 15 is 0 Å². The number of hydrogen-bond donors (Lipinski definition) is 0. The lowest BCUT2D eigenvalue weighted by molar-refractivity contribution is 0.230. The fourth-order valence-corrected chi connectivity index (χ4v) is 0.958. The summed E-state index contributed by atoms with van der Waals surface area (Å²) in [5.41, 5.74) is 0. The molecule has 0 fully saturated rings. The molecule has 0 saturated carbocycles. The molecule has 0 aliphatic rings. The van der Waals surface area contributed by atoms with Gasteiger partial charge in [0.15, 0.2) is 11.6 Å². The summed E-state index contributed by atoms with van der Waals surface area (Å²) in [6, 6.07) is 4.53.